The SMILES string of the molecule is Cc1ccccc1C(=O)NC1CCN(C(=O)CN2CCNCC2)CC1. The maximum atomic E-state index is 12.4. The van der Waals surface area contributed by atoms with Gasteiger partial charge in [-0.2, -0.15) is 0 Å². The number of carbonyl (C=O) groups is 2. The number of aryl methyl sites for hydroxylation is 1. The lowest BCUT2D eigenvalue weighted by molar-refractivity contribution is -0.133. The second-order valence-corrected chi connectivity index (χ2v) is 6.97. The van der Waals surface area contributed by atoms with Crippen LogP contribution in [-0.2, 0) is 4.79 Å². The lowest BCUT2D eigenvalue weighted by Crippen LogP contribution is -2.51. The molecule has 2 saturated heterocycles. The molecule has 136 valence electrons. The van der Waals surface area contributed by atoms with Crippen LogP contribution in [0.25, 0.3) is 0 Å². The van der Waals surface area contributed by atoms with Crippen LogP contribution in [0.3, 0.4) is 0 Å². The molecule has 2 N–H and O–H groups in total. The van der Waals surface area contributed by atoms with Gasteiger partial charge < -0.3 is 15.5 Å². The third-order valence-corrected chi connectivity index (χ3v) is 5.14. The first-order valence-corrected chi connectivity index (χ1v) is 9.21. The summed E-state index contributed by atoms with van der Waals surface area (Å²) in [6.45, 7) is 7.71. The standard InChI is InChI=1S/C19H28N4O2/c1-15-4-2-3-5-17(15)19(25)21-16-6-10-23(11-7-16)18(24)14-22-12-8-20-9-13-22/h2-5,16,20H,6-14H2,1H3,(H,21,25). The minimum atomic E-state index is -0.0105. The van der Waals surface area contributed by atoms with Gasteiger partial charge in [-0.15, -0.1) is 0 Å². The monoisotopic (exact) mass is 344 g/mol. The van der Waals surface area contributed by atoms with E-state index in [1.54, 1.807) is 0 Å². The van der Waals surface area contributed by atoms with E-state index in [0.29, 0.717) is 6.54 Å². The van der Waals surface area contributed by atoms with Gasteiger partial charge in [0.2, 0.25) is 5.91 Å². The number of piperidine rings is 1. The summed E-state index contributed by atoms with van der Waals surface area (Å²) in [5, 5.41) is 6.42. The zero-order valence-electron chi connectivity index (χ0n) is 15.0. The number of hydrogen-bond acceptors (Lipinski definition) is 4. The fourth-order valence-electron chi connectivity index (χ4n) is 3.52. The third-order valence-electron chi connectivity index (χ3n) is 5.14. The number of benzene rings is 1. The van der Waals surface area contributed by atoms with Crippen molar-refractivity contribution in [3.05, 3.63) is 35.4 Å². The number of likely N-dealkylation sites (tertiary alicyclic amines) is 1. The molecule has 2 amide bonds. The summed E-state index contributed by atoms with van der Waals surface area (Å²) in [6, 6.07) is 7.78. The molecule has 0 bridgehead atoms. The Kier molecular flexibility index (Phi) is 6.04. The zero-order chi connectivity index (χ0) is 17.6. The number of carbonyl (C=O) groups excluding carboxylic acids is 2. The van der Waals surface area contributed by atoms with E-state index in [1.165, 1.54) is 0 Å². The molecule has 0 unspecified atom stereocenters. The average molecular weight is 344 g/mol. The molecule has 2 heterocycles. The quantitative estimate of drug-likeness (QED) is 0.841. The molecule has 6 heteroatoms. The molecule has 2 aliphatic heterocycles. The Labute approximate surface area is 149 Å². The number of nitrogens with one attached hydrogen (secondary N) is 2. The van der Waals surface area contributed by atoms with Crippen molar-refractivity contribution in [1.82, 2.24) is 20.4 Å². The molecule has 0 aliphatic carbocycles. The van der Waals surface area contributed by atoms with Crippen molar-refractivity contribution in [2.75, 3.05) is 45.8 Å². The molecular weight excluding hydrogens is 316 g/mol. The van der Waals surface area contributed by atoms with E-state index in [1.807, 2.05) is 36.1 Å². The summed E-state index contributed by atoms with van der Waals surface area (Å²) in [5.74, 6) is 0.203. The van der Waals surface area contributed by atoms with E-state index >= 15 is 0 Å². The zero-order valence-corrected chi connectivity index (χ0v) is 15.0. The van der Waals surface area contributed by atoms with E-state index in [9.17, 15) is 9.59 Å². The highest BCUT2D eigenvalue weighted by Crippen LogP contribution is 2.13. The second-order valence-electron chi connectivity index (χ2n) is 6.97. The van der Waals surface area contributed by atoms with Crippen molar-refractivity contribution in [1.29, 1.82) is 0 Å². The minimum Gasteiger partial charge on any atom is -0.349 e. The highest BCUT2D eigenvalue weighted by molar-refractivity contribution is 5.95. The molecule has 0 aromatic heterocycles. The van der Waals surface area contributed by atoms with Crippen LogP contribution in [0, 0.1) is 6.92 Å². The van der Waals surface area contributed by atoms with Gasteiger partial charge in [0.15, 0.2) is 0 Å². The van der Waals surface area contributed by atoms with Gasteiger partial charge in [0, 0.05) is 50.9 Å². The number of nitrogens with zero attached hydrogens (tertiary/aromatic N) is 2. The van der Waals surface area contributed by atoms with Crippen molar-refractivity contribution < 1.29 is 9.59 Å². The van der Waals surface area contributed by atoms with E-state index in [0.717, 1.165) is 63.2 Å². The summed E-state index contributed by atoms with van der Waals surface area (Å²) in [5.41, 5.74) is 1.73. The Hall–Kier alpha value is -1.92. The topological polar surface area (TPSA) is 64.7 Å². The van der Waals surface area contributed by atoms with Crippen LogP contribution in [-0.4, -0.2) is 73.5 Å². The van der Waals surface area contributed by atoms with E-state index in [4.69, 9.17) is 0 Å². The van der Waals surface area contributed by atoms with E-state index in [2.05, 4.69) is 15.5 Å². The highest BCUT2D eigenvalue weighted by atomic mass is 16.2. The lowest BCUT2D eigenvalue weighted by Gasteiger charge is -2.34. The van der Waals surface area contributed by atoms with Crippen molar-refractivity contribution >= 4 is 11.8 Å². The summed E-state index contributed by atoms with van der Waals surface area (Å²) < 4.78 is 0. The summed E-state index contributed by atoms with van der Waals surface area (Å²) in [6.07, 6.45) is 1.65. The minimum absolute atomic E-state index is 0.0105. The number of hydrogen-bond donors (Lipinski definition) is 2. The maximum Gasteiger partial charge on any atom is 0.251 e. The number of amides is 2. The van der Waals surface area contributed by atoms with Gasteiger partial charge in [-0.25, -0.2) is 0 Å². The Morgan fingerprint density at radius 3 is 2.48 bits per heavy atom. The molecule has 25 heavy (non-hydrogen) atoms. The third kappa shape index (κ3) is 4.80. The van der Waals surface area contributed by atoms with Crippen LogP contribution in [0.5, 0.6) is 0 Å². The predicted octanol–water partition coefficient (Wildman–Crippen LogP) is 0.621. The largest absolute Gasteiger partial charge is 0.349 e. The van der Waals surface area contributed by atoms with Crippen LogP contribution in [0.4, 0.5) is 0 Å². The second kappa shape index (κ2) is 8.45. The van der Waals surface area contributed by atoms with Crippen molar-refractivity contribution in [3.63, 3.8) is 0 Å². The molecule has 1 aromatic carbocycles. The summed E-state index contributed by atoms with van der Waals surface area (Å²) in [7, 11) is 0. The first kappa shape index (κ1) is 17.9. The van der Waals surface area contributed by atoms with Crippen LogP contribution >= 0.6 is 0 Å². The Morgan fingerprint density at radius 1 is 1.12 bits per heavy atom. The van der Waals surface area contributed by atoms with Crippen LogP contribution in [0.2, 0.25) is 0 Å². The molecule has 0 atom stereocenters. The molecule has 2 fully saturated rings. The van der Waals surface area contributed by atoms with Gasteiger partial charge in [0.05, 0.1) is 6.54 Å². The maximum absolute atomic E-state index is 12.4. The van der Waals surface area contributed by atoms with Gasteiger partial charge in [0.1, 0.15) is 0 Å². The van der Waals surface area contributed by atoms with E-state index < -0.39 is 0 Å². The van der Waals surface area contributed by atoms with Crippen molar-refractivity contribution in [2.24, 2.45) is 0 Å². The van der Waals surface area contributed by atoms with Gasteiger partial charge >= 0.3 is 0 Å². The normalized spacial score (nSPS) is 19.6. The smallest absolute Gasteiger partial charge is 0.251 e. The van der Waals surface area contributed by atoms with Gasteiger partial charge in [0.25, 0.3) is 5.91 Å². The lowest BCUT2D eigenvalue weighted by atomic mass is 10.0. The summed E-state index contributed by atoms with van der Waals surface area (Å²) in [4.78, 5) is 29.0. The number of piperazine rings is 1. The fourth-order valence-corrected chi connectivity index (χ4v) is 3.52. The fraction of sp³-hybridized carbons (Fsp3) is 0.579. The van der Waals surface area contributed by atoms with Crippen LogP contribution < -0.4 is 10.6 Å². The molecule has 3 rings (SSSR count). The molecule has 0 saturated carbocycles. The first-order chi connectivity index (χ1) is 12.1. The van der Waals surface area contributed by atoms with Gasteiger partial charge in [-0.3, -0.25) is 14.5 Å². The van der Waals surface area contributed by atoms with E-state index in [-0.39, 0.29) is 17.9 Å². The van der Waals surface area contributed by atoms with Crippen LogP contribution in [0.1, 0.15) is 28.8 Å². The Bertz CT molecular complexity index is 605. The van der Waals surface area contributed by atoms with Crippen LogP contribution in [0.15, 0.2) is 24.3 Å². The molecule has 0 radical (unpaired) electrons. The average Bonchev–Trinajstić information content (AvgIpc) is 2.63. The first-order valence-electron chi connectivity index (χ1n) is 9.21. The van der Waals surface area contributed by atoms with Crippen molar-refractivity contribution in [2.45, 2.75) is 25.8 Å². The molecule has 0 spiro atoms. The number of rotatable bonds is 4. The molecule has 6 nitrogen and oxygen atoms in total. The Morgan fingerprint density at radius 2 is 1.80 bits per heavy atom. The Balaban J connectivity index is 1.44. The van der Waals surface area contributed by atoms with Crippen molar-refractivity contribution in [3.8, 4) is 0 Å². The molecular formula is C19H28N4O2. The van der Waals surface area contributed by atoms with Gasteiger partial charge in [-0.05, 0) is 31.4 Å². The predicted molar refractivity (Wildman–Crippen MR) is 97.6 cm³/mol. The summed E-state index contributed by atoms with van der Waals surface area (Å²) >= 11 is 0. The molecule has 1 aromatic rings. The highest BCUT2D eigenvalue weighted by Gasteiger charge is 2.25. The molecule has 2 aliphatic rings. The van der Waals surface area contributed by atoms with Gasteiger partial charge in [-0.1, -0.05) is 18.2 Å².